The summed E-state index contributed by atoms with van der Waals surface area (Å²) in [6.07, 6.45) is 0. The zero-order valence-electron chi connectivity index (χ0n) is 14.5. The van der Waals surface area contributed by atoms with Crippen LogP contribution in [-0.4, -0.2) is 36.0 Å². The number of thiazole rings is 1. The van der Waals surface area contributed by atoms with Crippen LogP contribution in [0.5, 0.6) is 5.75 Å². The molecule has 0 N–H and O–H groups in total. The van der Waals surface area contributed by atoms with Gasteiger partial charge in [-0.2, -0.15) is 11.3 Å². The number of thiophene rings is 1. The summed E-state index contributed by atoms with van der Waals surface area (Å²) >= 11 is 3.08. The number of amides is 1. The maximum atomic E-state index is 12.7. The molecule has 25 heavy (non-hydrogen) atoms. The minimum Gasteiger partial charge on any atom is -0.492 e. The minimum absolute atomic E-state index is 0.00989. The van der Waals surface area contributed by atoms with E-state index in [9.17, 15) is 4.79 Å². The molecule has 1 aromatic carbocycles. The molecule has 4 nitrogen and oxygen atoms in total. The third-order valence-electron chi connectivity index (χ3n) is 3.79. The van der Waals surface area contributed by atoms with E-state index >= 15 is 0 Å². The second kappa shape index (κ2) is 7.80. The van der Waals surface area contributed by atoms with Gasteiger partial charge >= 0.3 is 0 Å². The first-order chi connectivity index (χ1) is 12.0. The van der Waals surface area contributed by atoms with E-state index in [-0.39, 0.29) is 5.91 Å². The van der Waals surface area contributed by atoms with Crippen molar-refractivity contribution in [2.75, 3.05) is 20.2 Å². The molecule has 0 unspecified atom stereocenters. The average molecular weight is 373 g/mol. The van der Waals surface area contributed by atoms with E-state index in [1.807, 2.05) is 54.9 Å². The van der Waals surface area contributed by atoms with Gasteiger partial charge in [-0.3, -0.25) is 4.79 Å². The third kappa shape index (κ3) is 4.27. The molecular formula is C19H20N2O2S2. The zero-order valence-corrected chi connectivity index (χ0v) is 16.1. The summed E-state index contributed by atoms with van der Waals surface area (Å²) in [6.45, 7) is 4.90. The lowest BCUT2D eigenvalue weighted by Crippen LogP contribution is -2.30. The Bertz CT molecular complexity index is 856. The van der Waals surface area contributed by atoms with Crippen LogP contribution in [0.15, 0.2) is 41.1 Å². The number of aryl methyl sites for hydroxylation is 2. The van der Waals surface area contributed by atoms with Gasteiger partial charge in [-0.15, -0.1) is 11.3 Å². The second-order valence-corrected chi connectivity index (χ2v) is 7.62. The fourth-order valence-electron chi connectivity index (χ4n) is 2.38. The summed E-state index contributed by atoms with van der Waals surface area (Å²) in [7, 11) is 1.80. The number of hydrogen-bond donors (Lipinski definition) is 0. The Labute approximate surface area is 155 Å². The Morgan fingerprint density at radius 1 is 1.28 bits per heavy atom. The Kier molecular flexibility index (Phi) is 5.50. The molecule has 0 aliphatic carbocycles. The van der Waals surface area contributed by atoms with E-state index in [0.717, 1.165) is 27.6 Å². The van der Waals surface area contributed by atoms with Crippen molar-refractivity contribution in [3.05, 3.63) is 57.2 Å². The van der Waals surface area contributed by atoms with Crippen molar-refractivity contribution < 1.29 is 9.53 Å². The number of hydrogen-bond acceptors (Lipinski definition) is 5. The van der Waals surface area contributed by atoms with Gasteiger partial charge in [-0.25, -0.2) is 4.98 Å². The molecule has 1 amide bonds. The lowest BCUT2D eigenvalue weighted by Gasteiger charge is -2.17. The molecule has 3 rings (SSSR count). The predicted octanol–water partition coefficient (Wildman–Crippen LogP) is 4.64. The molecule has 0 saturated heterocycles. The lowest BCUT2D eigenvalue weighted by molar-refractivity contribution is 0.0777. The van der Waals surface area contributed by atoms with Gasteiger partial charge in [0.25, 0.3) is 5.91 Å². The minimum atomic E-state index is -0.00989. The Morgan fingerprint density at radius 2 is 2.12 bits per heavy atom. The maximum absolute atomic E-state index is 12.7. The number of rotatable bonds is 6. The van der Waals surface area contributed by atoms with Crippen molar-refractivity contribution in [1.82, 2.24) is 9.88 Å². The Balaban J connectivity index is 1.61. The number of aromatic nitrogens is 1. The molecule has 0 fully saturated rings. The first-order valence-electron chi connectivity index (χ1n) is 7.99. The summed E-state index contributed by atoms with van der Waals surface area (Å²) in [5, 5.41) is 4.96. The van der Waals surface area contributed by atoms with Crippen molar-refractivity contribution in [1.29, 1.82) is 0 Å². The molecule has 0 saturated carbocycles. The van der Waals surface area contributed by atoms with E-state index in [0.29, 0.717) is 18.0 Å². The van der Waals surface area contributed by atoms with Crippen LogP contribution in [0, 0.1) is 13.8 Å². The first-order valence-corrected chi connectivity index (χ1v) is 9.75. The quantitative estimate of drug-likeness (QED) is 0.633. The van der Waals surface area contributed by atoms with Crippen LogP contribution in [0.2, 0.25) is 0 Å². The van der Waals surface area contributed by atoms with Crippen LogP contribution in [0.3, 0.4) is 0 Å². The topological polar surface area (TPSA) is 42.4 Å². The SMILES string of the molecule is Cc1cccc(OCCN(C)C(=O)c2sc(-c3ccsc3)nc2C)c1. The van der Waals surface area contributed by atoms with Gasteiger partial charge in [0.1, 0.15) is 22.2 Å². The van der Waals surface area contributed by atoms with Crippen molar-refractivity contribution in [2.45, 2.75) is 13.8 Å². The highest BCUT2D eigenvalue weighted by Gasteiger charge is 2.19. The van der Waals surface area contributed by atoms with Crippen molar-refractivity contribution in [3.8, 4) is 16.3 Å². The normalized spacial score (nSPS) is 10.7. The van der Waals surface area contributed by atoms with E-state index in [2.05, 4.69) is 4.98 Å². The molecule has 0 spiro atoms. The lowest BCUT2D eigenvalue weighted by atomic mass is 10.2. The molecule has 0 bridgehead atoms. The monoisotopic (exact) mass is 372 g/mol. The van der Waals surface area contributed by atoms with Gasteiger partial charge in [-0.05, 0) is 43.0 Å². The molecule has 130 valence electrons. The smallest absolute Gasteiger partial charge is 0.265 e. The van der Waals surface area contributed by atoms with Crippen molar-refractivity contribution >= 4 is 28.6 Å². The van der Waals surface area contributed by atoms with E-state index in [4.69, 9.17) is 4.74 Å². The predicted molar refractivity (Wildman–Crippen MR) is 104 cm³/mol. The van der Waals surface area contributed by atoms with Gasteiger partial charge in [0.15, 0.2) is 0 Å². The Morgan fingerprint density at radius 3 is 2.84 bits per heavy atom. The number of carbonyl (C=O) groups is 1. The third-order valence-corrected chi connectivity index (χ3v) is 5.67. The summed E-state index contributed by atoms with van der Waals surface area (Å²) in [5.41, 5.74) is 3.01. The van der Waals surface area contributed by atoms with Gasteiger partial charge < -0.3 is 9.64 Å². The number of nitrogens with zero attached hydrogens (tertiary/aromatic N) is 2. The van der Waals surface area contributed by atoms with E-state index in [1.54, 1.807) is 23.3 Å². The summed E-state index contributed by atoms with van der Waals surface area (Å²) in [4.78, 5) is 19.6. The highest BCUT2D eigenvalue weighted by Crippen LogP contribution is 2.30. The Hall–Kier alpha value is -2.18. The van der Waals surface area contributed by atoms with Crippen molar-refractivity contribution in [3.63, 3.8) is 0 Å². The van der Waals surface area contributed by atoms with Gasteiger partial charge in [-0.1, -0.05) is 12.1 Å². The highest BCUT2D eigenvalue weighted by atomic mass is 32.1. The summed E-state index contributed by atoms with van der Waals surface area (Å²) in [6, 6.07) is 9.93. The van der Waals surface area contributed by atoms with Gasteiger partial charge in [0, 0.05) is 18.0 Å². The molecule has 6 heteroatoms. The largest absolute Gasteiger partial charge is 0.492 e. The number of ether oxygens (including phenoxy) is 1. The van der Waals surface area contributed by atoms with Crippen LogP contribution in [0.4, 0.5) is 0 Å². The average Bonchev–Trinajstić information content (AvgIpc) is 3.23. The van der Waals surface area contributed by atoms with Crippen LogP contribution < -0.4 is 4.74 Å². The molecule has 0 aliphatic rings. The van der Waals surface area contributed by atoms with Crippen molar-refractivity contribution in [2.24, 2.45) is 0 Å². The van der Waals surface area contributed by atoms with E-state index < -0.39 is 0 Å². The zero-order chi connectivity index (χ0) is 17.8. The van der Waals surface area contributed by atoms with Gasteiger partial charge in [0.2, 0.25) is 0 Å². The second-order valence-electron chi connectivity index (χ2n) is 5.84. The standard InChI is InChI=1S/C19H20N2O2S2/c1-13-5-4-6-16(11-13)23-9-8-21(3)19(22)17-14(2)20-18(25-17)15-7-10-24-12-15/h4-7,10-12H,8-9H2,1-3H3. The first kappa shape index (κ1) is 17.6. The van der Waals surface area contributed by atoms with Crippen LogP contribution in [-0.2, 0) is 0 Å². The maximum Gasteiger partial charge on any atom is 0.265 e. The molecule has 3 aromatic rings. The summed E-state index contributed by atoms with van der Waals surface area (Å²) < 4.78 is 5.73. The van der Waals surface area contributed by atoms with E-state index in [1.165, 1.54) is 11.3 Å². The molecule has 0 atom stereocenters. The number of likely N-dealkylation sites (N-methyl/N-ethyl adjacent to an activating group) is 1. The number of carbonyl (C=O) groups excluding carboxylic acids is 1. The van der Waals surface area contributed by atoms with Crippen LogP contribution >= 0.6 is 22.7 Å². The number of benzene rings is 1. The van der Waals surface area contributed by atoms with Crippen LogP contribution in [0.1, 0.15) is 20.9 Å². The molecule has 2 aromatic heterocycles. The summed E-state index contributed by atoms with van der Waals surface area (Å²) in [5.74, 6) is 0.818. The molecule has 0 radical (unpaired) electrons. The molecule has 2 heterocycles. The fourth-order valence-corrected chi connectivity index (χ4v) is 4.16. The fraction of sp³-hybridized carbons (Fsp3) is 0.263. The highest BCUT2D eigenvalue weighted by molar-refractivity contribution is 7.17. The van der Waals surface area contributed by atoms with Gasteiger partial charge in [0.05, 0.1) is 12.2 Å². The molecule has 0 aliphatic heterocycles. The molecular weight excluding hydrogens is 352 g/mol. The van der Waals surface area contributed by atoms with Crippen LogP contribution in [0.25, 0.3) is 10.6 Å².